The number of aryl methyl sites for hydroxylation is 1. The quantitative estimate of drug-likeness (QED) is 0.471. The molecular formula is C32H35ClN2O4. The molecular weight excluding hydrogens is 512 g/mol. The number of rotatable bonds is 3. The third-order valence-corrected chi connectivity index (χ3v) is 10.7. The Kier molecular flexibility index (Phi) is 5.70. The predicted molar refractivity (Wildman–Crippen MR) is 149 cm³/mol. The predicted octanol–water partition coefficient (Wildman–Crippen LogP) is 5.57. The summed E-state index contributed by atoms with van der Waals surface area (Å²) in [7, 11) is 3.90. The number of carbonyl (C=O) groups excluding carboxylic acids is 2. The van der Waals surface area contributed by atoms with E-state index in [-0.39, 0.29) is 17.3 Å². The Labute approximate surface area is 234 Å². The molecule has 6 atom stereocenters. The van der Waals surface area contributed by atoms with Crippen molar-refractivity contribution >= 4 is 23.5 Å². The smallest absolute Gasteiger partial charge is 0.411 e. The van der Waals surface area contributed by atoms with Gasteiger partial charge < -0.3 is 14.4 Å². The lowest BCUT2D eigenvalue weighted by Gasteiger charge is -2.56. The molecule has 1 unspecified atom stereocenters. The van der Waals surface area contributed by atoms with Crippen molar-refractivity contribution in [1.29, 1.82) is 0 Å². The molecule has 5 aliphatic rings. The second-order valence-corrected chi connectivity index (χ2v) is 12.5. The Balaban J connectivity index is 1.26. The fourth-order valence-electron chi connectivity index (χ4n) is 8.45. The van der Waals surface area contributed by atoms with E-state index in [1.807, 2.05) is 24.3 Å². The molecule has 2 heterocycles. The normalized spacial score (nSPS) is 34.3. The molecule has 0 N–H and O–H groups in total. The average molecular weight is 547 g/mol. The molecule has 2 aliphatic heterocycles. The monoisotopic (exact) mass is 546 g/mol. The summed E-state index contributed by atoms with van der Waals surface area (Å²) in [6, 6.07) is 12.2. The molecule has 0 radical (unpaired) electrons. The number of likely N-dealkylation sites (N-methyl/N-ethyl adjacent to an activating group) is 2. The summed E-state index contributed by atoms with van der Waals surface area (Å²) in [6.45, 7) is 3.08. The van der Waals surface area contributed by atoms with E-state index in [1.54, 1.807) is 13.1 Å². The van der Waals surface area contributed by atoms with Gasteiger partial charge >= 0.3 is 6.09 Å². The van der Waals surface area contributed by atoms with Gasteiger partial charge in [0.05, 0.1) is 0 Å². The van der Waals surface area contributed by atoms with Crippen LogP contribution in [0.25, 0.3) is 0 Å². The summed E-state index contributed by atoms with van der Waals surface area (Å²) in [6.07, 6.45) is 7.47. The zero-order valence-electron chi connectivity index (χ0n) is 22.8. The molecule has 1 saturated carbocycles. The van der Waals surface area contributed by atoms with Crippen LogP contribution < -0.4 is 4.74 Å². The van der Waals surface area contributed by atoms with Crippen molar-refractivity contribution in [3.63, 3.8) is 0 Å². The van der Waals surface area contributed by atoms with Crippen LogP contribution >= 0.6 is 11.6 Å². The highest BCUT2D eigenvalue weighted by Crippen LogP contribution is 2.61. The van der Waals surface area contributed by atoms with E-state index in [4.69, 9.17) is 21.1 Å². The maximum atomic E-state index is 14.0. The van der Waals surface area contributed by atoms with Crippen LogP contribution in [0.1, 0.15) is 54.4 Å². The lowest BCUT2D eigenvalue weighted by molar-refractivity contribution is -0.134. The number of hydrogen-bond donors (Lipinski definition) is 0. The highest BCUT2D eigenvalue weighted by molar-refractivity contribution is 6.31. The second kappa shape index (κ2) is 8.84. The van der Waals surface area contributed by atoms with Gasteiger partial charge in [0.1, 0.15) is 17.4 Å². The van der Waals surface area contributed by atoms with Crippen molar-refractivity contribution < 1.29 is 19.1 Å². The Bertz CT molecular complexity index is 1410. The van der Waals surface area contributed by atoms with Crippen LogP contribution in [0.3, 0.4) is 0 Å². The summed E-state index contributed by atoms with van der Waals surface area (Å²) in [5.74, 6) is 1.28. The van der Waals surface area contributed by atoms with E-state index in [2.05, 4.69) is 37.1 Å². The zero-order valence-corrected chi connectivity index (χ0v) is 23.5. The first-order valence-corrected chi connectivity index (χ1v) is 14.6. The lowest BCUT2D eigenvalue weighted by atomic mass is 9.53. The Morgan fingerprint density at radius 3 is 2.77 bits per heavy atom. The Morgan fingerprint density at radius 1 is 1.15 bits per heavy atom. The minimum absolute atomic E-state index is 0.00868. The number of hydrogen-bond acceptors (Lipinski definition) is 5. The average Bonchev–Trinajstić information content (AvgIpc) is 3.29. The number of Topliss-reactive ketones (excluding diaryl/α,β-unsaturated/α-hetero) is 1. The molecule has 1 spiro atoms. The van der Waals surface area contributed by atoms with E-state index >= 15 is 0 Å². The molecule has 2 aromatic carbocycles. The molecule has 6 nitrogen and oxygen atoms in total. The van der Waals surface area contributed by atoms with Gasteiger partial charge in [-0.2, -0.15) is 0 Å². The van der Waals surface area contributed by atoms with Crippen LogP contribution in [0.5, 0.6) is 5.75 Å². The van der Waals surface area contributed by atoms with Crippen LogP contribution in [0, 0.1) is 12.8 Å². The fraction of sp³-hybridized carbons (Fsp3) is 0.500. The Morgan fingerprint density at radius 2 is 1.97 bits per heavy atom. The first-order chi connectivity index (χ1) is 18.8. The number of piperidine rings is 1. The third-order valence-electron chi connectivity index (χ3n) is 10.4. The maximum Gasteiger partial charge on any atom is 0.411 e. The molecule has 204 valence electrons. The molecule has 2 bridgehead atoms. The number of benzene rings is 2. The van der Waals surface area contributed by atoms with Gasteiger partial charge in [0.25, 0.3) is 0 Å². The molecule has 7 heteroatoms. The second-order valence-electron chi connectivity index (χ2n) is 12.1. The summed E-state index contributed by atoms with van der Waals surface area (Å²) < 4.78 is 13.1. The van der Waals surface area contributed by atoms with E-state index < -0.39 is 17.7 Å². The molecule has 7 rings (SSSR count). The topological polar surface area (TPSA) is 59.1 Å². The van der Waals surface area contributed by atoms with Gasteiger partial charge in [0.15, 0.2) is 11.9 Å². The summed E-state index contributed by atoms with van der Waals surface area (Å²) >= 11 is 6.63. The number of nitrogens with zero attached hydrogens (tertiary/aromatic N) is 2. The van der Waals surface area contributed by atoms with Gasteiger partial charge in [-0.25, -0.2) is 4.79 Å². The first-order valence-electron chi connectivity index (χ1n) is 14.2. The molecule has 3 aliphatic carbocycles. The molecule has 2 fully saturated rings. The summed E-state index contributed by atoms with van der Waals surface area (Å²) in [5.41, 5.74) is 3.13. The maximum absolute atomic E-state index is 14.0. The van der Waals surface area contributed by atoms with Crippen LogP contribution in [-0.4, -0.2) is 60.6 Å². The van der Waals surface area contributed by atoms with Crippen molar-refractivity contribution in [1.82, 2.24) is 9.80 Å². The third kappa shape index (κ3) is 3.31. The molecule has 0 aromatic heterocycles. The SMILES string of the molecule is Cc1ccc2c3c1O[C@H]1[C@@H](OC(=O)N(C)C4(c5ccccc5Cl)CCCCC4=O)C=C[C@H]4[C@@H](C2)N(C)CC[C@@]341. The van der Waals surface area contributed by atoms with Crippen LogP contribution in [0.4, 0.5) is 4.79 Å². The highest BCUT2D eigenvalue weighted by Gasteiger charge is 2.65. The van der Waals surface area contributed by atoms with E-state index in [9.17, 15) is 9.59 Å². The van der Waals surface area contributed by atoms with Gasteiger partial charge in [-0.3, -0.25) is 9.69 Å². The zero-order chi connectivity index (χ0) is 27.1. The molecule has 1 saturated heterocycles. The van der Waals surface area contributed by atoms with Crippen molar-refractivity contribution in [2.24, 2.45) is 5.92 Å². The van der Waals surface area contributed by atoms with Gasteiger partial charge in [-0.15, -0.1) is 0 Å². The van der Waals surface area contributed by atoms with E-state index in [0.717, 1.165) is 43.5 Å². The van der Waals surface area contributed by atoms with Gasteiger partial charge in [-0.1, -0.05) is 48.0 Å². The lowest BCUT2D eigenvalue weighted by Crippen LogP contribution is -2.65. The van der Waals surface area contributed by atoms with Crippen molar-refractivity contribution in [3.8, 4) is 5.75 Å². The number of likely N-dealkylation sites (tertiary alicyclic amines) is 1. The van der Waals surface area contributed by atoms with Crippen LogP contribution in [0.2, 0.25) is 5.02 Å². The van der Waals surface area contributed by atoms with Crippen molar-refractivity contribution in [3.05, 3.63) is 75.8 Å². The fourth-order valence-corrected chi connectivity index (χ4v) is 8.74. The number of halogens is 1. The number of carbonyl (C=O) groups is 2. The van der Waals surface area contributed by atoms with Gasteiger partial charge in [-0.05, 0) is 75.9 Å². The number of ketones is 1. The van der Waals surface area contributed by atoms with Gasteiger partial charge in [0.2, 0.25) is 0 Å². The minimum atomic E-state index is -1.14. The van der Waals surface area contributed by atoms with Crippen molar-refractivity contribution in [2.45, 2.75) is 74.7 Å². The number of ether oxygens (including phenoxy) is 2. The largest absolute Gasteiger partial charge is 0.485 e. The summed E-state index contributed by atoms with van der Waals surface area (Å²) in [5, 5.41) is 0.490. The van der Waals surface area contributed by atoms with Crippen LogP contribution in [0.15, 0.2) is 48.6 Å². The molecule has 2 aromatic rings. The first kappa shape index (κ1) is 25.2. The standard InChI is InChI=1S/C32H35ClN2O4/c1-19-11-12-20-18-24-22-13-14-25(29-31(22,16-17-34(24)2)27(20)28(19)39-29)38-30(37)35(3)32(15-7-6-10-26(32)36)21-8-4-5-9-23(21)33/h4-5,8-9,11-14,22,24-25,29H,6-7,10,15-18H2,1-3H3/t22-,24+,25-,29-,31-,32?/m0/s1. The minimum Gasteiger partial charge on any atom is -0.485 e. The number of amides is 1. The van der Waals surface area contributed by atoms with Gasteiger partial charge in [0, 0.05) is 47.0 Å². The molecule has 1 amide bonds. The Hall–Kier alpha value is -2.83. The van der Waals surface area contributed by atoms with Crippen molar-refractivity contribution in [2.75, 3.05) is 20.6 Å². The highest BCUT2D eigenvalue weighted by atomic mass is 35.5. The summed E-state index contributed by atoms with van der Waals surface area (Å²) in [4.78, 5) is 31.5. The molecule has 39 heavy (non-hydrogen) atoms. The van der Waals surface area contributed by atoms with E-state index in [1.165, 1.54) is 16.0 Å². The van der Waals surface area contributed by atoms with E-state index in [0.29, 0.717) is 35.4 Å². The van der Waals surface area contributed by atoms with Crippen LogP contribution in [-0.2, 0) is 26.9 Å².